The van der Waals surface area contributed by atoms with E-state index >= 15 is 4.39 Å². The summed E-state index contributed by atoms with van der Waals surface area (Å²) >= 11 is 0. The number of ketones is 1. The summed E-state index contributed by atoms with van der Waals surface area (Å²) in [5.41, 5.74) is -2.98. The van der Waals surface area contributed by atoms with Crippen molar-refractivity contribution in [3.05, 3.63) is 82.6 Å². The molecule has 180 valence electrons. The number of alkyl halides is 3. The molecule has 3 aromatic rings. The summed E-state index contributed by atoms with van der Waals surface area (Å²) in [6.45, 7) is 0.286. The number of aromatic nitrogens is 1. The number of nitrogens with one attached hydrogen (secondary N) is 3. The number of carbonyl (C=O) groups excluding carboxylic acids is 1. The maximum Gasteiger partial charge on any atom is 0.416 e. The second kappa shape index (κ2) is 8.55. The van der Waals surface area contributed by atoms with Gasteiger partial charge in [0.2, 0.25) is 5.78 Å². The van der Waals surface area contributed by atoms with Gasteiger partial charge in [-0.3, -0.25) is 9.52 Å². The Hall–Kier alpha value is -4.18. The van der Waals surface area contributed by atoms with Gasteiger partial charge in [-0.25, -0.2) is 17.2 Å². The van der Waals surface area contributed by atoms with Crippen molar-refractivity contribution in [3.8, 4) is 6.07 Å². The average molecular weight is 508 g/mol. The fourth-order valence-electron chi connectivity index (χ4n) is 3.48. The Balaban J connectivity index is 1.71. The topological polar surface area (TPSA) is 115 Å². The summed E-state index contributed by atoms with van der Waals surface area (Å²) in [4.78, 5) is 15.1. The minimum Gasteiger partial charge on any atom is -0.368 e. The van der Waals surface area contributed by atoms with Crippen molar-refractivity contribution in [2.75, 3.05) is 16.6 Å². The van der Waals surface area contributed by atoms with Gasteiger partial charge < -0.3 is 10.3 Å². The molecule has 3 N–H and O–H groups in total. The van der Waals surface area contributed by atoms with E-state index in [9.17, 15) is 36.0 Å². The maximum absolute atomic E-state index is 15.2. The lowest BCUT2D eigenvalue weighted by Crippen LogP contribution is -2.17. The van der Waals surface area contributed by atoms with Crippen molar-refractivity contribution >= 4 is 32.9 Å². The zero-order valence-electron chi connectivity index (χ0n) is 17.3. The van der Waals surface area contributed by atoms with Crippen LogP contribution in [0.4, 0.5) is 33.5 Å². The standard InChI is InChI=1S/C22H13F5N4O3S/c23-15-5-6-16(31-35(33,34)13-3-1-12(2-4-13)22(25,26)27)19(24)18(15)20(32)14-10-30-21-17(14)11(9-28)7-8-29-21/h1-7,10,29-31H,8H2. The number of hydrogen-bond donors (Lipinski definition) is 3. The van der Waals surface area contributed by atoms with E-state index < -0.39 is 55.3 Å². The molecule has 0 fully saturated rings. The van der Waals surface area contributed by atoms with Crippen LogP contribution in [0.3, 0.4) is 0 Å². The molecule has 1 aromatic heterocycles. The predicted molar refractivity (Wildman–Crippen MR) is 115 cm³/mol. The van der Waals surface area contributed by atoms with Crippen LogP contribution in [0.2, 0.25) is 0 Å². The van der Waals surface area contributed by atoms with Crippen LogP contribution in [0.25, 0.3) is 5.57 Å². The lowest BCUT2D eigenvalue weighted by molar-refractivity contribution is -0.137. The second-order valence-electron chi connectivity index (χ2n) is 7.30. The average Bonchev–Trinajstić information content (AvgIpc) is 3.25. The van der Waals surface area contributed by atoms with Gasteiger partial charge in [-0.15, -0.1) is 0 Å². The predicted octanol–water partition coefficient (Wildman–Crippen LogP) is 4.68. The number of sulfonamides is 1. The highest BCUT2D eigenvalue weighted by Crippen LogP contribution is 2.34. The molecule has 0 bridgehead atoms. The van der Waals surface area contributed by atoms with E-state index in [0.717, 1.165) is 12.3 Å². The molecule has 0 unspecified atom stereocenters. The number of carbonyl (C=O) groups is 1. The van der Waals surface area contributed by atoms with Gasteiger partial charge >= 0.3 is 6.18 Å². The van der Waals surface area contributed by atoms with Crippen LogP contribution >= 0.6 is 0 Å². The van der Waals surface area contributed by atoms with Crippen LogP contribution in [0, 0.1) is 23.0 Å². The number of fused-ring (bicyclic) bond motifs is 1. The number of H-pyrrole nitrogens is 1. The first-order valence-corrected chi connectivity index (χ1v) is 11.2. The summed E-state index contributed by atoms with van der Waals surface area (Å²) in [7, 11) is -4.59. The molecular formula is C22H13F5N4O3S. The molecule has 0 spiro atoms. The quantitative estimate of drug-likeness (QED) is 0.342. The number of halogens is 5. The molecule has 0 amide bonds. The van der Waals surface area contributed by atoms with Crippen molar-refractivity contribution in [2.24, 2.45) is 0 Å². The number of rotatable bonds is 5. The van der Waals surface area contributed by atoms with E-state index in [4.69, 9.17) is 0 Å². The maximum atomic E-state index is 15.2. The Bertz CT molecular complexity index is 1520. The van der Waals surface area contributed by atoms with Crippen LogP contribution in [-0.4, -0.2) is 25.7 Å². The van der Waals surface area contributed by atoms with Crippen molar-refractivity contribution in [3.63, 3.8) is 0 Å². The first-order chi connectivity index (χ1) is 16.4. The molecule has 0 atom stereocenters. The highest BCUT2D eigenvalue weighted by molar-refractivity contribution is 7.92. The van der Waals surface area contributed by atoms with E-state index in [1.54, 1.807) is 0 Å². The van der Waals surface area contributed by atoms with Gasteiger partial charge in [-0.1, -0.05) is 0 Å². The normalized spacial score (nSPS) is 13.3. The van der Waals surface area contributed by atoms with Crippen LogP contribution in [0.15, 0.2) is 53.6 Å². The molecule has 1 aliphatic rings. The SMILES string of the molecule is N#CC1=CCNc2[nH]cc(C(=O)c3c(F)ccc(NS(=O)(=O)c4ccc(C(F)(F)F)cc4)c3F)c21. The third-order valence-corrected chi connectivity index (χ3v) is 6.54. The van der Waals surface area contributed by atoms with Gasteiger partial charge in [0.25, 0.3) is 10.0 Å². The largest absolute Gasteiger partial charge is 0.416 e. The summed E-state index contributed by atoms with van der Waals surface area (Å²) in [5.74, 6) is -3.68. The molecule has 0 saturated heterocycles. The van der Waals surface area contributed by atoms with Crippen LogP contribution in [-0.2, 0) is 16.2 Å². The zero-order valence-corrected chi connectivity index (χ0v) is 18.1. The van der Waals surface area contributed by atoms with Crippen molar-refractivity contribution in [1.29, 1.82) is 5.26 Å². The van der Waals surface area contributed by atoms with Crippen molar-refractivity contribution < 1.29 is 35.2 Å². The van der Waals surface area contributed by atoms with E-state index in [1.165, 1.54) is 6.08 Å². The second-order valence-corrected chi connectivity index (χ2v) is 8.99. The Morgan fingerprint density at radius 2 is 1.77 bits per heavy atom. The number of nitriles is 1. The molecule has 0 aliphatic carbocycles. The Kier molecular flexibility index (Phi) is 5.85. The highest BCUT2D eigenvalue weighted by Gasteiger charge is 2.32. The van der Waals surface area contributed by atoms with Gasteiger partial charge in [-0.2, -0.15) is 18.4 Å². The first kappa shape index (κ1) is 24.0. The van der Waals surface area contributed by atoms with Crippen molar-refractivity contribution in [2.45, 2.75) is 11.1 Å². The fourth-order valence-corrected chi connectivity index (χ4v) is 4.54. The molecule has 7 nitrogen and oxygen atoms in total. The Labute approximate surface area is 194 Å². The number of nitrogens with zero attached hydrogens (tertiary/aromatic N) is 1. The molecule has 0 saturated carbocycles. The van der Waals surface area contributed by atoms with Gasteiger partial charge in [0, 0.05) is 18.3 Å². The monoisotopic (exact) mass is 508 g/mol. The van der Waals surface area contributed by atoms with E-state index in [2.05, 4.69) is 10.3 Å². The van der Waals surface area contributed by atoms with Gasteiger partial charge in [0.1, 0.15) is 11.6 Å². The van der Waals surface area contributed by atoms with Crippen LogP contribution < -0.4 is 10.0 Å². The molecule has 4 rings (SSSR count). The van der Waals surface area contributed by atoms with Gasteiger partial charge in [0.15, 0.2) is 5.82 Å². The van der Waals surface area contributed by atoms with Gasteiger partial charge in [0.05, 0.1) is 38.9 Å². The van der Waals surface area contributed by atoms with E-state index in [-0.39, 0.29) is 23.2 Å². The minimum absolute atomic E-state index is 0.100. The Morgan fingerprint density at radius 1 is 1.09 bits per heavy atom. The molecule has 35 heavy (non-hydrogen) atoms. The molecule has 0 radical (unpaired) electrons. The number of hydrogen-bond acceptors (Lipinski definition) is 5. The van der Waals surface area contributed by atoms with Crippen LogP contribution in [0.1, 0.15) is 27.0 Å². The fraction of sp³-hybridized carbons (Fsp3) is 0.0909. The third-order valence-electron chi connectivity index (χ3n) is 5.15. The lowest BCUT2D eigenvalue weighted by Gasteiger charge is -2.14. The molecule has 2 aromatic carbocycles. The highest BCUT2D eigenvalue weighted by atomic mass is 32.2. The Morgan fingerprint density at radius 3 is 2.40 bits per heavy atom. The summed E-state index contributed by atoms with van der Waals surface area (Å²) < 4.78 is 95.0. The molecule has 2 heterocycles. The number of anilines is 2. The zero-order chi connectivity index (χ0) is 25.5. The number of allylic oxidation sites excluding steroid dienone is 1. The number of benzene rings is 2. The lowest BCUT2D eigenvalue weighted by atomic mass is 9.95. The molecule has 13 heteroatoms. The van der Waals surface area contributed by atoms with Crippen LogP contribution in [0.5, 0.6) is 0 Å². The van der Waals surface area contributed by atoms with E-state index in [0.29, 0.717) is 36.1 Å². The smallest absolute Gasteiger partial charge is 0.368 e. The third kappa shape index (κ3) is 4.35. The molecular weight excluding hydrogens is 495 g/mol. The number of aromatic amines is 1. The van der Waals surface area contributed by atoms with Crippen molar-refractivity contribution in [1.82, 2.24) is 4.98 Å². The summed E-state index contributed by atoms with van der Waals surface area (Å²) in [6.07, 6.45) is -2.05. The minimum atomic E-state index is -4.69. The summed E-state index contributed by atoms with van der Waals surface area (Å²) in [6, 6.07) is 5.71. The van der Waals surface area contributed by atoms with Gasteiger partial charge in [-0.05, 0) is 42.5 Å². The summed E-state index contributed by atoms with van der Waals surface area (Å²) in [5, 5.41) is 12.2. The first-order valence-electron chi connectivity index (χ1n) is 9.72. The molecule has 1 aliphatic heterocycles. The van der Waals surface area contributed by atoms with E-state index in [1.807, 2.05) is 10.8 Å².